The number of fused-ring (bicyclic) bond motifs is 2. The minimum Gasteiger partial charge on any atom is -0.353 e. The first kappa shape index (κ1) is 19.0. The van der Waals surface area contributed by atoms with Crippen molar-refractivity contribution < 1.29 is 4.39 Å². The van der Waals surface area contributed by atoms with Crippen LogP contribution in [0.2, 0.25) is 0 Å². The summed E-state index contributed by atoms with van der Waals surface area (Å²) >= 11 is 0. The predicted octanol–water partition coefficient (Wildman–Crippen LogP) is 1.90. The molecule has 3 aromatic rings. The average molecular weight is 416 g/mol. The normalized spacial score (nSPS) is 16.0. The Morgan fingerprint density at radius 3 is 1.97 bits per heavy atom. The van der Waals surface area contributed by atoms with Gasteiger partial charge in [0.1, 0.15) is 5.82 Å². The van der Waals surface area contributed by atoms with E-state index in [-0.39, 0.29) is 5.82 Å². The van der Waals surface area contributed by atoms with Crippen molar-refractivity contribution in [2.75, 3.05) is 26.2 Å². The number of hydrogen-bond acceptors (Lipinski definition) is 8. The molecule has 0 atom stereocenters. The SMILES string of the molecule is Fc1cccc2c(/C=N/NC3=NCCN3)c3ccccc3c(/C=N/NC3=NCCN3)c12. The molecule has 2 aliphatic heterocycles. The van der Waals surface area contributed by atoms with Crippen LogP contribution in [-0.2, 0) is 0 Å². The molecule has 9 heteroatoms. The molecule has 3 aromatic carbocycles. The van der Waals surface area contributed by atoms with E-state index in [0.717, 1.165) is 41.4 Å². The van der Waals surface area contributed by atoms with Crippen molar-refractivity contribution in [2.24, 2.45) is 20.2 Å². The number of benzene rings is 3. The van der Waals surface area contributed by atoms with Crippen LogP contribution in [0.25, 0.3) is 21.5 Å². The first-order chi connectivity index (χ1) is 15.3. The summed E-state index contributed by atoms with van der Waals surface area (Å²) in [6, 6.07) is 12.9. The molecule has 0 saturated heterocycles. The smallest absolute Gasteiger partial charge is 0.212 e. The number of hydrazone groups is 2. The number of halogens is 1. The molecule has 2 aliphatic rings. The van der Waals surface area contributed by atoms with Crippen molar-refractivity contribution in [2.45, 2.75) is 0 Å². The van der Waals surface area contributed by atoms with Gasteiger partial charge in [-0.2, -0.15) is 10.2 Å². The number of guanidine groups is 2. The Kier molecular flexibility index (Phi) is 5.14. The summed E-state index contributed by atoms with van der Waals surface area (Å²) in [7, 11) is 0. The molecule has 0 unspecified atom stereocenters. The third-order valence-corrected chi connectivity index (χ3v) is 5.16. The molecule has 0 amide bonds. The number of nitrogens with zero attached hydrogens (tertiary/aromatic N) is 4. The molecule has 8 nitrogen and oxygen atoms in total. The summed E-state index contributed by atoms with van der Waals surface area (Å²) < 4.78 is 15.0. The molecular formula is C22H21FN8. The molecule has 0 aliphatic carbocycles. The molecule has 0 spiro atoms. The van der Waals surface area contributed by atoms with Gasteiger partial charge in [-0.05, 0) is 22.2 Å². The van der Waals surface area contributed by atoms with E-state index < -0.39 is 0 Å². The maximum Gasteiger partial charge on any atom is 0.212 e. The Bertz CT molecular complexity index is 1260. The van der Waals surface area contributed by atoms with Gasteiger partial charge in [0.2, 0.25) is 11.9 Å². The van der Waals surface area contributed by atoms with Crippen molar-refractivity contribution in [3.63, 3.8) is 0 Å². The van der Waals surface area contributed by atoms with Crippen LogP contribution in [0.5, 0.6) is 0 Å². The molecule has 0 bridgehead atoms. The van der Waals surface area contributed by atoms with Crippen LogP contribution in [0.4, 0.5) is 4.39 Å². The summed E-state index contributed by atoms with van der Waals surface area (Å²) in [5, 5.41) is 17.9. The highest BCUT2D eigenvalue weighted by Crippen LogP contribution is 2.32. The van der Waals surface area contributed by atoms with Crippen molar-refractivity contribution in [3.8, 4) is 0 Å². The van der Waals surface area contributed by atoms with Crippen LogP contribution in [0.15, 0.2) is 62.7 Å². The number of aliphatic imine (C=N–C) groups is 2. The molecular weight excluding hydrogens is 395 g/mol. The predicted molar refractivity (Wildman–Crippen MR) is 123 cm³/mol. The number of hydrogen-bond donors (Lipinski definition) is 4. The van der Waals surface area contributed by atoms with Crippen LogP contribution >= 0.6 is 0 Å². The van der Waals surface area contributed by atoms with E-state index in [1.165, 1.54) is 6.07 Å². The second-order valence-electron chi connectivity index (χ2n) is 7.09. The fourth-order valence-electron chi connectivity index (χ4n) is 3.79. The maximum atomic E-state index is 15.0. The first-order valence-corrected chi connectivity index (χ1v) is 10.1. The Morgan fingerprint density at radius 2 is 1.35 bits per heavy atom. The highest BCUT2D eigenvalue weighted by molar-refractivity contribution is 6.21. The standard InChI is InChI=1S/C22H21FN8/c23-19-7-3-6-16-17(12-28-30-21-24-8-9-25-21)14-4-1-2-5-15(14)18(20(16)19)13-29-31-22-26-10-11-27-22/h1-7,12-13H,8-11H2,(H2,24,25,30)(H2,26,27,31)/b28-12+,29-13+. The summed E-state index contributed by atoms with van der Waals surface area (Å²) in [6.07, 6.45) is 3.36. The van der Waals surface area contributed by atoms with Crippen molar-refractivity contribution >= 4 is 45.9 Å². The lowest BCUT2D eigenvalue weighted by atomic mass is 9.92. The van der Waals surface area contributed by atoms with Crippen molar-refractivity contribution in [1.82, 2.24) is 21.5 Å². The van der Waals surface area contributed by atoms with E-state index in [9.17, 15) is 0 Å². The Labute approximate surface area is 178 Å². The summed E-state index contributed by atoms with van der Waals surface area (Å²) in [4.78, 5) is 8.52. The molecule has 156 valence electrons. The molecule has 0 saturated carbocycles. The number of nitrogens with one attached hydrogen (secondary N) is 4. The van der Waals surface area contributed by atoms with Crippen LogP contribution < -0.4 is 21.5 Å². The third kappa shape index (κ3) is 3.77. The van der Waals surface area contributed by atoms with E-state index in [0.29, 0.717) is 29.4 Å². The number of rotatable bonds is 4. The monoisotopic (exact) mass is 416 g/mol. The summed E-state index contributed by atoms with van der Waals surface area (Å²) in [5.41, 5.74) is 7.32. The highest BCUT2D eigenvalue weighted by Gasteiger charge is 2.15. The fourth-order valence-corrected chi connectivity index (χ4v) is 3.79. The molecule has 4 N–H and O–H groups in total. The molecule has 0 aromatic heterocycles. The summed E-state index contributed by atoms with van der Waals surface area (Å²) in [5.74, 6) is 0.934. The third-order valence-electron chi connectivity index (χ3n) is 5.16. The van der Waals surface area contributed by atoms with Crippen LogP contribution in [0.1, 0.15) is 11.1 Å². The minimum atomic E-state index is -0.314. The molecule has 0 fully saturated rings. The Morgan fingerprint density at radius 1 is 0.774 bits per heavy atom. The average Bonchev–Trinajstić information content (AvgIpc) is 3.49. The quantitative estimate of drug-likeness (QED) is 0.297. The zero-order valence-corrected chi connectivity index (χ0v) is 16.7. The second kappa shape index (κ2) is 8.39. The summed E-state index contributed by atoms with van der Waals surface area (Å²) in [6.45, 7) is 3.00. The topological polar surface area (TPSA) is 97.6 Å². The lowest BCUT2D eigenvalue weighted by Crippen LogP contribution is -2.30. The molecule has 31 heavy (non-hydrogen) atoms. The van der Waals surface area contributed by atoms with Gasteiger partial charge in [-0.3, -0.25) is 0 Å². The minimum absolute atomic E-state index is 0.314. The van der Waals surface area contributed by atoms with Gasteiger partial charge in [0.15, 0.2) is 0 Å². The van der Waals surface area contributed by atoms with E-state index in [4.69, 9.17) is 0 Å². The van der Waals surface area contributed by atoms with Gasteiger partial charge in [-0.1, -0.05) is 36.4 Å². The first-order valence-electron chi connectivity index (χ1n) is 10.1. The van der Waals surface area contributed by atoms with E-state index >= 15 is 4.39 Å². The van der Waals surface area contributed by atoms with Gasteiger partial charge in [0.05, 0.1) is 25.5 Å². The molecule has 0 radical (unpaired) electrons. The van der Waals surface area contributed by atoms with Crippen LogP contribution in [0, 0.1) is 5.82 Å². The van der Waals surface area contributed by atoms with Crippen molar-refractivity contribution in [1.29, 1.82) is 0 Å². The van der Waals surface area contributed by atoms with Crippen LogP contribution in [0.3, 0.4) is 0 Å². The van der Waals surface area contributed by atoms with Gasteiger partial charge >= 0.3 is 0 Å². The lowest BCUT2D eigenvalue weighted by Gasteiger charge is -2.13. The zero-order valence-electron chi connectivity index (χ0n) is 16.7. The van der Waals surface area contributed by atoms with Gasteiger partial charge < -0.3 is 10.6 Å². The largest absolute Gasteiger partial charge is 0.353 e. The van der Waals surface area contributed by atoms with Crippen LogP contribution in [-0.4, -0.2) is 50.5 Å². The van der Waals surface area contributed by atoms with E-state index in [1.54, 1.807) is 18.5 Å². The maximum absolute atomic E-state index is 15.0. The van der Waals surface area contributed by atoms with Gasteiger partial charge in [0, 0.05) is 29.6 Å². The van der Waals surface area contributed by atoms with Crippen molar-refractivity contribution in [3.05, 3.63) is 59.4 Å². The van der Waals surface area contributed by atoms with E-state index in [1.807, 2.05) is 30.3 Å². The Balaban J connectivity index is 1.63. The fraction of sp³-hybridized carbons (Fsp3) is 0.182. The van der Waals surface area contributed by atoms with Gasteiger partial charge in [0.25, 0.3) is 0 Å². The van der Waals surface area contributed by atoms with Gasteiger partial charge in [-0.15, -0.1) is 0 Å². The molecule has 5 rings (SSSR count). The highest BCUT2D eigenvalue weighted by atomic mass is 19.1. The molecule has 2 heterocycles. The second-order valence-corrected chi connectivity index (χ2v) is 7.09. The lowest BCUT2D eigenvalue weighted by molar-refractivity contribution is 0.640. The zero-order chi connectivity index (χ0) is 21.0. The van der Waals surface area contributed by atoms with Gasteiger partial charge in [-0.25, -0.2) is 25.2 Å². The van der Waals surface area contributed by atoms with E-state index in [2.05, 4.69) is 41.7 Å². The Hall–Kier alpha value is -4.01.